The monoisotopic (exact) mass is 183 g/mol. The van der Waals surface area contributed by atoms with Gasteiger partial charge < -0.3 is 15.5 Å². The summed E-state index contributed by atoms with van der Waals surface area (Å²) < 4.78 is 4.90. The summed E-state index contributed by atoms with van der Waals surface area (Å²) in [6.45, 7) is 3.92. The van der Waals surface area contributed by atoms with Gasteiger partial charge in [-0.25, -0.2) is 4.98 Å². The fourth-order valence-corrected chi connectivity index (χ4v) is 0.874. The number of nitrogens with two attached hydrogens (primary N) is 1. The number of hydrogen-bond acceptors (Lipinski definition) is 4. The van der Waals surface area contributed by atoms with Crippen molar-refractivity contribution in [3.8, 4) is 0 Å². The van der Waals surface area contributed by atoms with Crippen molar-refractivity contribution in [2.45, 2.75) is 19.9 Å². The Hall–Kier alpha value is -1.36. The maximum Gasteiger partial charge on any atom is 0.273 e. The molecule has 5 nitrogen and oxygen atoms in total. The van der Waals surface area contributed by atoms with Gasteiger partial charge in [0.15, 0.2) is 12.1 Å². The van der Waals surface area contributed by atoms with E-state index in [-0.39, 0.29) is 11.9 Å². The van der Waals surface area contributed by atoms with Crippen molar-refractivity contribution in [1.29, 1.82) is 0 Å². The zero-order valence-corrected chi connectivity index (χ0v) is 7.70. The van der Waals surface area contributed by atoms with Gasteiger partial charge in [-0.05, 0) is 13.8 Å². The van der Waals surface area contributed by atoms with Crippen molar-refractivity contribution in [1.82, 2.24) is 10.3 Å². The zero-order chi connectivity index (χ0) is 9.84. The Balaban J connectivity index is 2.64. The molecule has 3 N–H and O–H groups in total. The quantitative estimate of drug-likeness (QED) is 0.694. The van der Waals surface area contributed by atoms with Gasteiger partial charge in [-0.2, -0.15) is 0 Å². The van der Waals surface area contributed by atoms with Crippen molar-refractivity contribution >= 4 is 5.91 Å². The molecule has 1 aromatic rings. The summed E-state index contributed by atoms with van der Waals surface area (Å²) in [7, 11) is 0. The van der Waals surface area contributed by atoms with E-state index in [1.54, 1.807) is 6.92 Å². The van der Waals surface area contributed by atoms with Crippen molar-refractivity contribution in [3.05, 3.63) is 17.8 Å². The molecule has 1 amide bonds. The number of carbonyl (C=O) groups is 1. The zero-order valence-electron chi connectivity index (χ0n) is 7.70. The fraction of sp³-hybridized carbons (Fsp3) is 0.500. The number of rotatable bonds is 3. The molecular formula is C8H13N3O2. The number of aryl methyl sites for hydroxylation is 1. The molecule has 1 aromatic heterocycles. The van der Waals surface area contributed by atoms with Crippen molar-refractivity contribution in [2.75, 3.05) is 6.54 Å². The number of hydrogen-bond donors (Lipinski definition) is 2. The van der Waals surface area contributed by atoms with Crippen molar-refractivity contribution in [2.24, 2.45) is 5.73 Å². The Kier molecular flexibility index (Phi) is 3.02. The van der Waals surface area contributed by atoms with E-state index in [1.165, 1.54) is 6.39 Å². The van der Waals surface area contributed by atoms with Crippen molar-refractivity contribution in [3.63, 3.8) is 0 Å². The highest BCUT2D eigenvalue weighted by Gasteiger charge is 2.14. The first-order valence-electron chi connectivity index (χ1n) is 4.06. The first-order chi connectivity index (χ1) is 6.15. The molecule has 0 bridgehead atoms. The lowest BCUT2D eigenvalue weighted by Gasteiger charge is -2.09. The lowest BCUT2D eigenvalue weighted by atomic mass is 10.3. The SMILES string of the molecule is Cc1ocnc1C(=O)N[C@H](C)CN. The third kappa shape index (κ3) is 2.29. The minimum absolute atomic E-state index is 0.0522. The van der Waals surface area contributed by atoms with Crippen molar-refractivity contribution < 1.29 is 9.21 Å². The van der Waals surface area contributed by atoms with E-state index in [0.717, 1.165) is 0 Å². The van der Waals surface area contributed by atoms with Gasteiger partial charge in [-0.15, -0.1) is 0 Å². The fourth-order valence-electron chi connectivity index (χ4n) is 0.874. The van der Waals surface area contributed by atoms with Gasteiger partial charge in [0.1, 0.15) is 5.76 Å². The standard InChI is InChI=1S/C8H13N3O2/c1-5(3-9)11-8(12)7-6(2)13-4-10-7/h4-5H,3,9H2,1-2H3,(H,11,12)/t5-/m1/s1. The van der Waals surface area contributed by atoms with Crippen LogP contribution in [0, 0.1) is 6.92 Å². The Labute approximate surface area is 76.3 Å². The minimum Gasteiger partial charge on any atom is -0.448 e. The van der Waals surface area contributed by atoms with Gasteiger partial charge >= 0.3 is 0 Å². The molecule has 13 heavy (non-hydrogen) atoms. The molecule has 0 saturated carbocycles. The molecule has 0 aliphatic rings. The van der Waals surface area contributed by atoms with Crippen LogP contribution >= 0.6 is 0 Å². The van der Waals surface area contributed by atoms with Crippen LogP contribution in [0.25, 0.3) is 0 Å². The molecule has 0 radical (unpaired) electrons. The van der Waals surface area contributed by atoms with Gasteiger partial charge in [0.05, 0.1) is 0 Å². The van der Waals surface area contributed by atoms with Gasteiger partial charge in [0.2, 0.25) is 0 Å². The second-order valence-electron chi connectivity index (χ2n) is 2.87. The highest BCUT2D eigenvalue weighted by Crippen LogP contribution is 2.03. The molecule has 1 atom stereocenters. The summed E-state index contributed by atoms with van der Waals surface area (Å²) in [6, 6.07) is -0.0522. The maximum atomic E-state index is 11.4. The molecule has 0 aromatic carbocycles. The number of oxazole rings is 1. The summed E-state index contributed by atoms with van der Waals surface area (Å²) in [5.74, 6) is 0.269. The lowest BCUT2D eigenvalue weighted by molar-refractivity contribution is 0.0935. The van der Waals surface area contributed by atoms with E-state index in [2.05, 4.69) is 10.3 Å². The summed E-state index contributed by atoms with van der Waals surface area (Å²) in [4.78, 5) is 15.2. The molecule has 0 spiro atoms. The maximum absolute atomic E-state index is 11.4. The van der Waals surface area contributed by atoms with E-state index in [9.17, 15) is 4.79 Å². The van der Waals surface area contributed by atoms with Gasteiger partial charge in [0.25, 0.3) is 5.91 Å². The van der Waals surface area contributed by atoms with E-state index in [0.29, 0.717) is 18.0 Å². The molecular weight excluding hydrogens is 170 g/mol. The second-order valence-corrected chi connectivity index (χ2v) is 2.87. The average molecular weight is 183 g/mol. The predicted octanol–water partition coefficient (Wildman–Crippen LogP) is 0.0600. The van der Waals surface area contributed by atoms with Crippen LogP contribution in [0.15, 0.2) is 10.8 Å². The average Bonchev–Trinajstić information content (AvgIpc) is 2.51. The molecule has 1 heterocycles. The summed E-state index contributed by atoms with van der Waals surface area (Å²) >= 11 is 0. The van der Waals surface area contributed by atoms with Gasteiger partial charge in [0, 0.05) is 12.6 Å². The smallest absolute Gasteiger partial charge is 0.273 e. The van der Waals surface area contributed by atoms with Crippen LogP contribution in [0.1, 0.15) is 23.2 Å². The highest BCUT2D eigenvalue weighted by molar-refractivity contribution is 5.93. The topological polar surface area (TPSA) is 81.2 Å². The Morgan fingerprint density at radius 1 is 1.85 bits per heavy atom. The van der Waals surface area contributed by atoms with Crippen LogP contribution in [0.4, 0.5) is 0 Å². The first-order valence-corrected chi connectivity index (χ1v) is 4.06. The van der Waals surface area contributed by atoms with E-state index in [4.69, 9.17) is 10.2 Å². The van der Waals surface area contributed by atoms with Crippen LogP contribution in [0.5, 0.6) is 0 Å². The summed E-state index contributed by atoms with van der Waals surface area (Å²) in [5.41, 5.74) is 5.67. The first kappa shape index (κ1) is 9.73. The number of nitrogens with zero attached hydrogens (tertiary/aromatic N) is 1. The second kappa shape index (κ2) is 4.04. The lowest BCUT2D eigenvalue weighted by Crippen LogP contribution is -2.38. The Morgan fingerprint density at radius 2 is 2.54 bits per heavy atom. The van der Waals surface area contributed by atoms with Crippen LogP contribution < -0.4 is 11.1 Å². The van der Waals surface area contributed by atoms with Crippen LogP contribution in [-0.4, -0.2) is 23.5 Å². The van der Waals surface area contributed by atoms with E-state index in [1.807, 2.05) is 6.92 Å². The molecule has 0 aliphatic heterocycles. The van der Waals surface area contributed by atoms with Crippen LogP contribution in [0.3, 0.4) is 0 Å². The normalized spacial score (nSPS) is 12.5. The summed E-state index contributed by atoms with van der Waals surface area (Å²) in [6.07, 6.45) is 1.25. The molecule has 0 aliphatic carbocycles. The molecule has 0 fully saturated rings. The Bertz CT molecular complexity index is 295. The summed E-state index contributed by atoms with van der Waals surface area (Å²) in [5, 5.41) is 2.69. The highest BCUT2D eigenvalue weighted by atomic mass is 16.3. The van der Waals surface area contributed by atoms with E-state index < -0.39 is 0 Å². The van der Waals surface area contributed by atoms with E-state index >= 15 is 0 Å². The van der Waals surface area contributed by atoms with Crippen LogP contribution in [-0.2, 0) is 0 Å². The van der Waals surface area contributed by atoms with Gasteiger partial charge in [-0.1, -0.05) is 0 Å². The third-order valence-corrected chi connectivity index (χ3v) is 1.69. The number of nitrogens with one attached hydrogen (secondary N) is 1. The minimum atomic E-state index is -0.246. The molecule has 72 valence electrons. The third-order valence-electron chi connectivity index (χ3n) is 1.69. The molecule has 1 rings (SSSR count). The molecule has 0 saturated heterocycles. The van der Waals surface area contributed by atoms with Gasteiger partial charge in [-0.3, -0.25) is 4.79 Å². The predicted molar refractivity (Wildman–Crippen MR) is 47.2 cm³/mol. The largest absolute Gasteiger partial charge is 0.448 e. The molecule has 0 unspecified atom stereocenters. The number of aromatic nitrogens is 1. The van der Waals surface area contributed by atoms with Crippen LogP contribution in [0.2, 0.25) is 0 Å². The molecule has 5 heteroatoms. The number of amides is 1. The number of carbonyl (C=O) groups excluding carboxylic acids is 1. The Morgan fingerprint density at radius 3 is 3.00 bits per heavy atom.